The second-order valence-corrected chi connectivity index (χ2v) is 7.71. The summed E-state index contributed by atoms with van der Waals surface area (Å²) in [5.41, 5.74) is 3.28. The molecule has 1 amide bonds. The van der Waals surface area contributed by atoms with E-state index in [9.17, 15) is 4.79 Å². The average Bonchev–Trinajstić information content (AvgIpc) is 2.60. The van der Waals surface area contributed by atoms with Gasteiger partial charge >= 0.3 is 0 Å². The first-order chi connectivity index (χ1) is 12.5. The number of hydrazone groups is 1. The molecule has 0 saturated heterocycles. The number of hydrogen-bond acceptors (Lipinski definition) is 4. The molecule has 0 spiro atoms. The number of nitrogens with one attached hydrogen (secondary N) is 1. The Morgan fingerprint density at radius 3 is 2.46 bits per heavy atom. The molecule has 1 N–H and O–H groups in total. The first-order valence-corrected chi connectivity index (χ1v) is 9.96. The van der Waals surface area contributed by atoms with Crippen molar-refractivity contribution in [2.24, 2.45) is 5.10 Å². The van der Waals surface area contributed by atoms with Gasteiger partial charge in [-0.2, -0.15) is 5.10 Å². The quantitative estimate of drug-likeness (QED) is 0.209. The van der Waals surface area contributed by atoms with E-state index in [-0.39, 0.29) is 12.5 Å². The second kappa shape index (κ2) is 10.7. The van der Waals surface area contributed by atoms with Crippen molar-refractivity contribution in [3.63, 3.8) is 0 Å². The fraction of sp³-hybridized carbons (Fsp3) is 0.111. The van der Waals surface area contributed by atoms with Crippen molar-refractivity contribution in [1.82, 2.24) is 5.43 Å². The summed E-state index contributed by atoms with van der Waals surface area (Å²) in [6.07, 6.45) is 3.27. The molecule has 0 saturated carbocycles. The minimum absolute atomic E-state index is 0.137. The molecular weight excluding hydrogens is 581 g/mol. The van der Waals surface area contributed by atoms with Gasteiger partial charge in [0.1, 0.15) is 18.1 Å². The van der Waals surface area contributed by atoms with E-state index in [4.69, 9.17) is 21.1 Å². The van der Waals surface area contributed by atoms with Crippen LogP contribution >= 0.6 is 56.8 Å². The second-order valence-electron chi connectivity index (χ2n) is 4.95. The summed E-state index contributed by atoms with van der Waals surface area (Å²) in [5.74, 6) is 1.02. The highest BCUT2D eigenvalue weighted by Gasteiger charge is 2.08. The number of halogens is 3. The molecule has 0 unspecified atom stereocenters. The number of carbonyl (C=O) groups is 1. The summed E-state index contributed by atoms with van der Waals surface area (Å²) in [5, 5.41) is 4.56. The van der Waals surface area contributed by atoms with Crippen LogP contribution < -0.4 is 14.9 Å². The van der Waals surface area contributed by atoms with Crippen molar-refractivity contribution in [3.8, 4) is 11.5 Å². The van der Waals surface area contributed by atoms with Gasteiger partial charge in [-0.25, -0.2) is 5.43 Å². The fourth-order valence-corrected chi connectivity index (χ4v) is 4.08. The number of nitrogens with zero attached hydrogens (tertiary/aromatic N) is 1. The molecule has 2 rings (SSSR count). The van der Waals surface area contributed by atoms with Crippen LogP contribution in [0.2, 0.25) is 5.02 Å². The van der Waals surface area contributed by atoms with E-state index in [2.05, 4.69) is 62.3 Å². The van der Waals surface area contributed by atoms with Crippen LogP contribution in [0.1, 0.15) is 5.56 Å². The van der Waals surface area contributed by atoms with Crippen molar-refractivity contribution >= 4 is 68.9 Å². The van der Waals surface area contributed by atoms with Crippen LogP contribution in [-0.4, -0.2) is 25.3 Å². The van der Waals surface area contributed by atoms with Crippen LogP contribution in [-0.2, 0) is 4.79 Å². The van der Waals surface area contributed by atoms with Gasteiger partial charge in [0, 0.05) is 5.02 Å². The summed E-state index contributed by atoms with van der Waals surface area (Å²) >= 11 is 10.2. The Kier molecular flexibility index (Phi) is 8.66. The minimum atomic E-state index is -0.355. The van der Waals surface area contributed by atoms with E-state index in [1.807, 2.05) is 12.1 Å². The molecular formula is C18H15ClI2N2O3. The van der Waals surface area contributed by atoms with Crippen molar-refractivity contribution in [1.29, 1.82) is 0 Å². The number of benzene rings is 2. The Labute approximate surface area is 184 Å². The number of carbonyl (C=O) groups excluding carboxylic acids is 1. The van der Waals surface area contributed by atoms with Crippen LogP contribution in [0, 0.1) is 7.14 Å². The predicted molar refractivity (Wildman–Crippen MR) is 120 cm³/mol. The van der Waals surface area contributed by atoms with Crippen molar-refractivity contribution in [2.75, 3.05) is 13.2 Å². The Bertz CT molecular complexity index is 788. The zero-order valence-corrected chi connectivity index (χ0v) is 18.6. The highest BCUT2D eigenvalue weighted by atomic mass is 127. The number of rotatable bonds is 8. The molecule has 8 heteroatoms. The molecule has 0 radical (unpaired) electrons. The van der Waals surface area contributed by atoms with E-state index < -0.39 is 0 Å². The maximum absolute atomic E-state index is 11.8. The van der Waals surface area contributed by atoms with Gasteiger partial charge in [-0.1, -0.05) is 24.3 Å². The van der Waals surface area contributed by atoms with E-state index in [0.29, 0.717) is 17.4 Å². The Morgan fingerprint density at radius 1 is 1.19 bits per heavy atom. The summed E-state index contributed by atoms with van der Waals surface area (Å²) in [7, 11) is 0. The van der Waals surface area contributed by atoms with Gasteiger partial charge in [-0.05, 0) is 87.1 Å². The molecule has 0 aromatic heterocycles. The first kappa shape index (κ1) is 21.0. The largest absolute Gasteiger partial charge is 0.487 e. The first-order valence-electron chi connectivity index (χ1n) is 7.42. The van der Waals surface area contributed by atoms with E-state index in [1.54, 1.807) is 36.6 Å². The molecule has 0 aliphatic heterocycles. The summed E-state index contributed by atoms with van der Waals surface area (Å²) in [4.78, 5) is 11.8. The lowest BCUT2D eigenvalue weighted by atomic mass is 10.2. The summed E-state index contributed by atoms with van der Waals surface area (Å²) in [6, 6.07) is 10.6. The van der Waals surface area contributed by atoms with Crippen LogP contribution in [0.25, 0.3) is 0 Å². The third-order valence-electron chi connectivity index (χ3n) is 2.95. The van der Waals surface area contributed by atoms with Crippen molar-refractivity contribution in [2.45, 2.75) is 0 Å². The zero-order chi connectivity index (χ0) is 18.9. The summed E-state index contributed by atoms with van der Waals surface area (Å²) in [6.45, 7) is 3.95. The molecule has 26 heavy (non-hydrogen) atoms. The standard InChI is InChI=1S/C18H15ClI2N2O3/c1-2-7-25-18-15(20)8-12(9-16(18)21)10-22-23-17(24)11-26-14-5-3-13(19)4-6-14/h2-6,8-10H,1,7,11H2,(H,23,24)/b22-10-. The Morgan fingerprint density at radius 2 is 1.85 bits per heavy atom. The Balaban J connectivity index is 1.88. The van der Waals surface area contributed by atoms with E-state index in [0.717, 1.165) is 18.5 Å². The average molecular weight is 597 g/mol. The highest BCUT2D eigenvalue weighted by molar-refractivity contribution is 14.1. The lowest BCUT2D eigenvalue weighted by Gasteiger charge is -2.09. The fourth-order valence-electron chi connectivity index (χ4n) is 1.82. The molecule has 0 heterocycles. The van der Waals surface area contributed by atoms with Gasteiger partial charge in [-0.15, -0.1) is 0 Å². The maximum atomic E-state index is 11.8. The Hall–Kier alpha value is -1.33. The number of ether oxygens (including phenoxy) is 2. The third-order valence-corrected chi connectivity index (χ3v) is 4.81. The highest BCUT2D eigenvalue weighted by Crippen LogP contribution is 2.28. The molecule has 2 aromatic rings. The molecule has 0 atom stereocenters. The third kappa shape index (κ3) is 6.76. The minimum Gasteiger partial charge on any atom is -0.487 e. The molecule has 2 aromatic carbocycles. The van der Waals surface area contributed by atoms with Gasteiger partial charge in [0.2, 0.25) is 0 Å². The smallest absolute Gasteiger partial charge is 0.277 e. The van der Waals surface area contributed by atoms with Crippen molar-refractivity contribution in [3.05, 3.63) is 66.8 Å². The van der Waals surface area contributed by atoms with Crippen LogP contribution in [0.3, 0.4) is 0 Å². The molecule has 0 bridgehead atoms. The van der Waals surface area contributed by atoms with Crippen molar-refractivity contribution < 1.29 is 14.3 Å². The number of hydrogen-bond donors (Lipinski definition) is 1. The van der Waals surface area contributed by atoms with E-state index >= 15 is 0 Å². The maximum Gasteiger partial charge on any atom is 0.277 e. The molecule has 136 valence electrons. The lowest BCUT2D eigenvalue weighted by molar-refractivity contribution is -0.123. The van der Waals surface area contributed by atoms with Crippen LogP contribution in [0.4, 0.5) is 0 Å². The van der Waals surface area contributed by atoms with Gasteiger partial charge in [0.05, 0.1) is 13.4 Å². The normalized spacial score (nSPS) is 10.6. The van der Waals surface area contributed by atoms with Gasteiger partial charge in [0.25, 0.3) is 5.91 Å². The van der Waals surface area contributed by atoms with Gasteiger partial charge in [0.15, 0.2) is 6.61 Å². The monoisotopic (exact) mass is 596 g/mol. The van der Waals surface area contributed by atoms with Crippen LogP contribution in [0.5, 0.6) is 11.5 Å². The topological polar surface area (TPSA) is 59.9 Å². The zero-order valence-electron chi connectivity index (χ0n) is 13.5. The summed E-state index contributed by atoms with van der Waals surface area (Å²) < 4.78 is 12.9. The van der Waals surface area contributed by atoms with Gasteiger partial charge in [-0.3, -0.25) is 4.79 Å². The molecule has 0 fully saturated rings. The van der Waals surface area contributed by atoms with Crippen LogP contribution in [0.15, 0.2) is 54.2 Å². The van der Waals surface area contributed by atoms with E-state index in [1.165, 1.54) is 0 Å². The molecule has 0 aliphatic carbocycles. The molecule has 5 nitrogen and oxygen atoms in total. The van der Waals surface area contributed by atoms with Gasteiger partial charge < -0.3 is 9.47 Å². The SMILES string of the molecule is C=CCOc1c(I)cc(/C=N\NC(=O)COc2ccc(Cl)cc2)cc1I. The lowest BCUT2D eigenvalue weighted by Crippen LogP contribution is -2.24. The number of amides is 1. The predicted octanol–water partition coefficient (Wildman–Crippen LogP) is 4.64. The molecule has 0 aliphatic rings.